The van der Waals surface area contributed by atoms with Gasteiger partial charge in [0.1, 0.15) is 5.60 Å². The van der Waals surface area contributed by atoms with E-state index in [1.165, 1.54) is 0 Å². The Kier molecular flexibility index (Phi) is 12.6. The molecular formula is C26H41N3O7. The Labute approximate surface area is 213 Å². The van der Waals surface area contributed by atoms with Crippen LogP contribution < -0.4 is 10.6 Å². The highest BCUT2D eigenvalue weighted by Crippen LogP contribution is 2.35. The standard InChI is InChI=1S/C26H41N3O7/c1-5-35-24(31)20-8-6-19(7-9-20)22-11-10-21(18-29-22)23(30)27-12-14-33-16-17-34-15-13-28-25(32)36-26(2,3)4/h10-11,18-20H,5-9,12-17H2,1-4H3,(H,27,30)(H,28,32)/t19-,20-. The van der Waals surface area contributed by atoms with Gasteiger partial charge in [-0.15, -0.1) is 0 Å². The largest absolute Gasteiger partial charge is 0.466 e. The van der Waals surface area contributed by atoms with Crippen LogP contribution in [0.3, 0.4) is 0 Å². The third-order valence-electron chi connectivity index (χ3n) is 5.63. The van der Waals surface area contributed by atoms with Gasteiger partial charge in [0, 0.05) is 30.9 Å². The highest BCUT2D eigenvalue weighted by atomic mass is 16.6. The lowest BCUT2D eigenvalue weighted by molar-refractivity contribution is -0.149. The maximum Gasteiger partial charge on any atom is 0.407 e. The molecule has 0 unspecified atom stereocenters. The number of nitrogens with one attached hydrogen (secondary N) is 2. The van der Waals surface area contributed by atoms with Crippen molar-refractivity contribution in [3.63, 3.8) is 0 Å². The van der Waals surface area contributed by atoms with Crippen molar-refractivity contribution in [3.8, 4) is 0 Å². The summed E-state index contributed by atoms with van der Waals surface area (Å²) >= 11 is 0. The summed E-state index contributed by atoms with van der Waals surface area (Å²) in [5.41, 5.74) is 0.930. The van der Waals surface area contributed by atoms with Crippen LogP contribution in [0.15, 0.2) is 18.3 Å². The normalized spacial score (nSPS) is 17.8. The fraction of sp³-hybridized carbons (Fsp3) is 0.692. The van der Waals surface area contributed by atoms with Gasteiger partial charge in [-0.05, 0) is 65.5 Å². The molecule has 1 aliphatic carbocycles. The first-order valence-corrected chi connectivity index (χ1v) is 12.7. The minimum Gasteiger partial charge on any atom is -0.466 e. The van der Waals surface area contributed by atoms with E-state index in [-0.39, 0.29) is 17.8 Å². The Morgan fingerprint density at radius 1 is 0.944 bits per heavy atom. The fourth-order valence-electron chi connectivity index (χ4n) is 3.87. The SMILES string of the molecule is CCOC(=O)[C@H]1CC[C@H](c2ccc(C(=O)NCCOCCOCCNC(=O)OC(C)(C)C)cn2)CC1. The van der Waals surface area contributed by atoms with Crippen LogP contribution in [0, 0.1) is 5.92 Å². The second-order valence-corrected chi connectivity index (χ2v) is 9.68. The van der Waals surface area contributed by atoms with Gasteiger partial charge < -0.3 is 29.6 Å². The van der Waals surface area contributed by atoms with Gasteiger partial charge in [-0.3, -0.25) is 14.6 Å². The Bertz CT molecular complexity index is 816. The van der Waals surface area contributed by atoms with Crippen LogP contribution in [-0.2, 0) is 23.7 Å². The molecule has 0 saturated heterocycles. The average Bonchev–Trinajstić information content (AvgIpc) is 2.84. The number of esters is 1. The van der Waals surface area contributed by atoms with E-state index in [0.29, 0.717) is 57.6 Å². The molecule has 10 nitrogen and oxygen atoms in total. The molecule has 2 N–H and O–H groups in total. The molecular weight excluding hydrogens is 466 g/mol. The van der Waals surface area contributed by atoms with Crippen molar-refractivity contribution in [3.05, 3.63) is 29.6 Å². The van der Waals surface area contributed by atoms with Crippen molar-refractivity contribution < 1.29 is 33.3 Å². The summed E-state index contributed by atoms with van der Waals surface area (Å²) in [5, 5.41) is 5.43. The highest BCUT2D eigenvalue weighted by molar-refractivity contribution is 5.93. The van der Waals surface area contributed by atoms with Crippen LogP contribution >= 0.6 is 0 Å². The van der Waals surface area contributed by atoms with Gasteiger partial charge in [0.2, 0.25) is 0 Å². The number of rotatable bonds is 13. The molecule has 10 heteroatoms. The minimum absolute atomic E-state index is 0.0128. The maximum atomic E-state index is 12.3. The number of amides is 2. The summed E-state index contributed by atoms with van der Waals surface area (Å²) in [6, 6.07) is 3.69. The van der Waals surface area contributed by atoms with E-state index >= 15 is 0 Å². The van der Waals surface area contributed by atoms with Crippen LogP contribution in [0.4, 0.5) is 4.79 Å². The molecule has 1 saturated carbocycles. The summed E-state index contributed by atoms with van der Waals surface area (Å²) < 4.78 is 21.1. The van der Waals surface area contributed by atoms with E-state index in [0.717, 1.165) is 31.4 Å². The lowest BCUT2D eigenvalue weighted by atomic mass is 9.80. The monoisotopic (exact) mass is 507 g/mol. The second-order valence-electron chi connectivity index (χ2n) is 9.68. The molecule has 0 aromatic carbocycles. The second kappa shape index (κ2) is 15.4. The Hall–Kier alpha value is -2.72. The summed E-state index contributed by atoms with van der Waals surface area (Å²) in [6.07, 6.45) is 4.53. The number of hydrogen-bond donors (Lipinski definition) is 2. The number of aromatic nitrogens is 1. The summed E-state index contributed by atoms with van der Waals surface area (Å²) in [6.45, 7) is 9.87. The molecule has 2 amide bonds. The van der Waals surface area contributed by atoms with Gasteiger partial charge in [0.05, 0.1) is 44.5 Å². The molecule has 0 aliphatic heterocycles. The molecule has 1 heterocycles. The Morgan fingerprint density at radius 3 is 2.14 bits per heavy atom. The zero-order valence-electron chi connectivity index (χ0n) is 22.0. The van der Waals surface area contributed by atoms with E-state index in [1.54, 1.807) is 33.0 Å². The lowest BCUT2D eigenvalue weighted by Gasteiger charge is -2.26. The molecule has 0 radical (unpaired) electrons. The number of carbonyl (C=O) groups excluding carboxylic acids is 3. The van der Waals surface area contributed by atoms with Gasteiger partial charge in [-0.2, -0.15) is 0 Å². The van der Waals surface area contributed by atoms with Gasteiger partial charge in [-0.25, -0.2) is 4.79 Å². The third-order valence-corrected chi connectivity index (χ3v) is 5.63. The summed E-state index contributed by atoms with van der Waals surface area (Å²) in [4.78, 5) is 40.2. The average molecular weight is 508 g/mol. The van der Waals surface area contributed by atoms with Crippen molar-refractivity contribution in [2.75, 3.05) is 46.1 Å². The first-order chi connectivity index (χ1) is 17.2. The van der Waals surface area contributed by atoms with Crippen molar-refractivity contribution in [2.45, 2.75) is 64.9 Å². The molecule has 0 atom stereocenters. The van der Waals surface area contributed by atoms with Crippen LogP contribution in [0.1, 0.15) is 75.3 Å². The topological polar surface area (TPSA) is 125 Å². The number of nitrogens with zero attached hydrogens (tertiary/aromatic N) is 1. The van der Waals surface area contributed by atoms with Crippen molar-refractivity contribution in [2.24, 2.45) is 5.92 Å². The Morgan fingerprint density at radius 2 is 1.58 bits per heavy atom. The molecule has 1 aliphatic rings. The zero-order chi connectivity index (χ0) is 26.4. The quantitative estimate of drug-likeness (QED) is 0.308. The number of carbonyl (C=O) groups is 3. The third kappa shape index (κ3) is 11.3. The highest BCUT2D eigenvalue weighted by Gasteiger charge is 2.28. The molecule has 2 rings (SSSR count). The van der Waals surface area contributed by atoms with Crippen LogP contribution in [0.25, 0.3) is 0 Å². The molecule has 36 heavy (non-hydrogen) atoms. The number of alkyl carbamates (subject to hydrolysis) is 1. The molecule has 1 aromatic rings. The number of ether oxygens (including phenoxy) is 4. The number of hydrogen-bond acceptors (Lipinski definition) is 8. The minimum atomic E-state index is -0.527. The zero-order valence-corrected chi connectivity index (χ0v) is 22.0. The molecule has 202 valence electrons. The maximum absolute atomic E-state index is 12.3. The van der Waals surface area contributed by atoms with E-state index in [4.69, 9.17) is 18.9 Å². The van der Waals surface area contributed by atoms with Crippen LogP contribution in [-0.4, -0.2) is 74.7 Å². The first-order valence-electron chi connectivity index (χ1n) is 12.7. The summed E-state index contributed by atoms with van der Waals surface area (Å²) in [5.74, 6) is -0.00846. The predicted octanol–water partition coefficient (Wildman–Crippen LogP) is 3.21. The predicted molar refractivity (Wildman–Crippen MR) is 134 cm³/mol. The van der Waals surface area contributed by atoms with Gasteiger partial charge in [-0.1, -0.05) is 0 Å². The fourth-order valence-corrected chi connectivity index (χ4v) is 3.87. The Balaban J connectivity index is 1.53. The summed E-state index contributed by atoms with van der Waals surface area (Å²) in [7, 11) is 0. The van der Waals surface area contributed by atoms with Gasteiger partial charge in [0.15, 0.2) is 0 Å². The van der Waals surface area contributed by atoms with Crippen molar-refractivity contribution >= 4 is 18.0 Å². The van der Waals surface area contributed by atoms with Crippen molar-refractivity contribution in [1.29, 1.82) is 0 Å². The van der Waals surface area contributed by atoms with Gasteiger partial charge >= 0.3 is 12.1 Å². The molecule has 1 fully saturated rings. The van der Waals surface area contributed by atoms with Crippen LogP contribution in [0.5, 0.6) is 0 Å². The van der Waals surface area contributed by atoms with E-state index < -0.39 is 11.7 Å². The molecule has 0 bridgehead atoms. The van der Waals surface area contributed by atoms with E-state index in [2.05, 4.69) is 15.6 Å². The van der Waals surface area contributed by atoms with E-state index in [9.17, 15) is 14.4 Å². The number of pyridine rings is 1. The molecule has 1 aromatic heterocycles. The molecule has 0 spiro atoms. The van der Waals surface area contributed by atoms with Crippen molar-refractivity contribution in [1.82, 2.24) is 15.6 Å². The van der Waals surface area contributed by atoms with E-state index in [1.807, 2.05) is 13.0 Å². The first kappa shape index (κ1) is 29.5. The van der Waals surface area contributed by atoms with Gasteiger partial charge in [0.25, 0.3) is 5.91 Å². The smallest absolute Gasteiger partial charge is 0.407 e. The lowest BCUT2D eigenvalue weighted by Crippen LogP contribution is -2.34. The van der Waals surface area contributed by atoms with Crippen LogP contribution in [0.2, 0.25) is 0 Å².